The van der Waals surface area contributed by atoms with Crippen LogP contribution < -0.4 is 0 Å². The Hall–Kier alpha value is 0. The predicted molar refractivity (Wildman–Crippen MR) is 154 cm³/mol. The third-order valence-corrected chi connectivity index (χ3v) is 8.72. The molecule has 0 heterocycles. The van der Waals surface area contributed by atoms with Crippen molar-refractivity contribution < 1.29 is 0 Å². The molecule has 0 fully saturated rings. The molecule has 0 aliphatic rings. The van der Waals surface area contributed by atoms with Gasteiger partial charge in [-0.3, -0.25) is 0 Å². The molecule has 0 aliphatic heterocycles. The van der Waals surface area contributed by atoms with Crippen LogP contribution in [-0.4, -0.2) is 0 Å². The topological polar surface area (TPSA) is 0 Å². The summed E-state index contributed by atoms with van der Waals surface area (Å²) in [6, 6.07) is 0. The molecule has 0 saturated heterocycles. The molecule has 0 aromatic carbocycles. The highest BCUT2D eigenvalue weighted by atomic mass is 14.2. The maximum atomic E-state index is 2.43. The van der Waals surface area contributed by atoms with Crippen molar-refractivity contribution in [3.63, 3.8) is 0 Å². The van der Waals surface area contributed by atoms with Crippen molar-refractivity contribution in [1.29, 1.82) is 0 Å². The summed E-state index contributed by atoms with van der Waals surface area (Å²) in [5.41, 5.74) is 0. The van der Waals surface area contributed by atoms with Gasteiger partial charge in [-0.05, 0) is 30.1 Å². The molecule has 33 heavy (non-hydrogen) atoms. The maximum Gasteiger partial charge on any atom is -0.0412 e. The Kier molecular flexibility index (Phi) is 25.1. The molecule has 0 aromatic rings. The van der Waals surface area contributed by atoms with E-state index in [9.17, 15) is 0 Å². The van der Waals surface area contributed by atoms with Crippen molar-refractivity contribution in [2.75, 3.05) is 0 Å². The zero-order valence-corrected chi connectivity index (χ0v) is 24.6. The minimum absolute atomic E-state index is 0.936. The van der Waals surface area contributed by atoms with Crippen molar-refractivity contribution in [3.8, 4) is 0 Å². The van der Waals surface area contributed by atoms with Crippen LogP contribution in [0.25, 0.3) is 0 Å². The molecule has 0 saturated carbocycles. The Morgan fingerprint density at radius 3 is 1.24 bits per heavy atom. The lowest BCUT2D eigenvalue weighted by Crippen LogP contribution is -2.09. The largest absolute Gasteiger partial charge is 0.0654 e. The highest BCUT2D eigenvalue weighted by Crippen LogP contribution is 2.29. The second-order valence-electron chi connectivity index (χ2n) is 11.8. The van der Waals surface area contributed by atoms with E-state index >= 15 is 0 Å². The lowest BCUT2D eigenvalue weighted by Gasteiger charge is -2.23. The number of unbranched alkanes of at least 4 members (excludes halogenated alkanes) is 9. The first-order valence-electron chi connectivity index (χ1n) is 16.1. The van der Waals surface area contributed by atoms with Crippen molar-refractivity contribution >= 4 is 0 Å². The van der Waals surface area contributed by atoms with Gasteiger partial charge in [0.1, 0.15) is 0 Å². The zero-order chi connectivity index (χ0) is 24.6. The van der Waals surface area contributed by atoms with Crippen LogP contribution in [-0.2, 0) is 0 Å². The maximum absolute atomic E-state index is 2.43. The van der Waals surface area contributed by atoms with E-state index in [-0.39, 0.29) is 0 Å². The molecule has 0 bridgehead atoms. The first-order chi connectivity index (χ1) is 16.1. The van der Waals surface area contributed by atoms with E-state index in [1.807, 2.05) is 0 Å². The predicted octanol–water partition coefficient (Wildman–Crippen LogP) is 12.5. The van der Waals surface area contributed by atoms with Crippen LogP contribution in [0.2, 0.25) is 0 Å². The summed E-state index contributed by atoms with van der Waals surface area (Å²) in [7, 11) is 0. The van der Waals surface area contributed by atoms with Crippen LogP contribution >= 0.6 is 0 Å². The molecular weight excluding hydrogens is 396 g/mol. The van der Waals surface area contributed by atoms with Crippen molar-refractivity contribution in [2.24, 2.45) is 23.7 Å². The van der Waals surface area contributed by atoms with E-state index in [1.165, 1.54) is 148 Å². The van der Waals surface area contributed by atoms with Gasteiger partial charge in [0.2, 0.25) is 0 Å². The average molecular weight is 465 g/mol. The third kappa shape index (κ3) is 21.0. The summed E-state index contributed by atoms with van der Waals surface area (Å²) >= 11 is 0. The van der Waals surface area contributed by atoms with Crippen LogP contribution in [0.3, 0.4) is 0 Å². The monoisotopic (exact) mass is 465 g/mol. The van der Waals surface area contributed by atoms with E-state index in [1.54, 1.807) is 0 Å². The fourth-order valence-corrected chi connectivity index (χ4v) is 5.86. The van der Waals surface area contributed by atoms with Gasteiger partial charge in [-0.1, -0.05) is 183 Å². The Bertz CT molecular complexity index is 359. The SMILES string of the molecule is CCCCCCC(CC)CCCCCCC(CCCCCCC(C)CC)CC(CC)CCC. The quantitative estimate of drug-likeness (QED) is 0.112. The average Bonchev–Trinajstić information content (AvgIpc) is 2.83. The number of hydrogen-bond donors (Lipinski definition) is 0. The van der Waals surface area contributed by atoms with E-state index in [0.29, 0.717) is 0 Å². The van der Waals surface area contributed by atoms with E-state index in [4.69, 9.17) is 0 Å². The molecule has 4 unspecified atom stereocenters. The molecule has 0 heteroatoms. The van der Waals surface area contributed by atoms with Gasteiger partial charge in [0.15, 0.2) is 0 Å². The fourth-order valence-electron chi connectivity index (χ4n) is 5.86. The molecule has 0 nitrogen and oxygen atoms in total. The molecule has 0 N–H and O–H groups in total. The van der Waals surface area contributed by atoms with Crippen molar-refractivity contribution in [1.82, 2.24) is 0 Å². The van der Waals surface area contributed by atoms with Crippen LogP contribution in [0, 0.1) is 23.7 Å². The normalized spacial score (nSPS) is 15.5. The molecule has 0 aromatic heterocycles. The standard InChI is InChI=1S/C33H68/c1-7-12-13-19-25-31(10-4)26-20-16-17-22-28-33(29-32(11-5)23-8-2)27-21-15-14-18-24-30(6)9-3/h30-33H,7-29H2,1-6H3. The smallest absolute Gasteiger partial charge is 0.0412 e. The zero-order valence-electron chi connectivity index (χ0n) is 24.6. The Morgan fingerprint density at radius 2 is 0.818 bits per heavy atom. The highest BCUT2D eigenvalue weighted by Gasteiger charge is 2.15. The van der Waals surface area contributed by atoms with Gasteiger partial charge < -0.3 is 0 Å². The Labute approximate surface area is 212 Å². The summed E-state index contributed by atoms with van der Waals surface area (Å²) in [5.74, 6) is 3.95. The van der Waals surface area contributed by atoms with Crippen molar-refractivity contribution in [2.45, 2.75) is 189 Å². The van der Waals surface area contributed by atoms with Crippen LogP contribution in [0.1, 0.15) is 189 Å². The summed E-state index contributed by atoms with van der Waals surface area (Å²) in [4.78, 5) is 0. The minimum Gasteiger partial charge on any atom is -0.0654 e. The Morgan fingerprint density at radius 1 is 0.364 bits per heavy atom. The van der Waals surface area contributed by atoms with Crippen LogP contribution in [0.4, 0.5) is 0 Å². The lowest BCUT2D eigenvalue weighted by molar-refractivity contribution is 0.296. The second-order valence-corrected chi connectivity index (χ2v) is 11.8. The fraction of sp³-hybridized carbons (Fsp3) is 1.00. The molecule has 0 radical (unpaired) electrons. The minimum atomic E-state index is 0.936. The van der Waals surface area contributed by atoms with E-state index < -0.39 is 0 Å². The van der Waals surface area contributed by atoms with Gasteiger partial charge in [0.25, 0.3) is 0 Å². The summed E-state index contributed by atoms with van der Waals surface area (Å²) < 4.78 is 0. The van der Waals surface area contributed by atoms with Gasteiger partial charge in [0.05, 0.1) is 0 Å². The molecular formula is C33H68. The molecule has 0 aliphatic carbocycles. The van der Waals surface area contributed by atoms with Gasteiger partial charge in [-0.25, -0.2) is 0 Å². The van der Waals surface area contributed by atoms with E-state index in [0.717, 1.165) is 23.7 Å². The molecule has 0 amide bonds. The summed E-state index contributed by atoms with van der Waals surface area (Å²) in [6.45, 7) is 14.3. The molecule has 200 valence electrons. The second kappa shape index (κ2) is 25.1. The highest BCUT2D eigenvalue weighted by molar-refractivity contribution is 4.67. The van der Waals surface area contributed by atoms with Crippen molar-refractivity contribution in [3.05, 3.63) is 0 Å². The first-order valence-corrected chi connectivity index (χ1v) is 16.1. The summed E-state index contributed by atoms with van der Waals surface area (Å²) in [6.07, 6.45) is 33.6. The number of hydrogen-bond acceptors (Lipinski definition) is 0. The molecule has 4 atom stereocenters. The van der Waals surface area contributed by atoms with E-state index in [2.05, 4.69) is 41.5 Å². The van der Waals surface area contributed by atoms with Crippen LogP contribution in [0.5, 0.6) is 0 Å². The van der Waals surface area contributed by atoms with Gasteiger partial charge in [-0.15, -0.1) is 0 Å². The van der Waals surface area contributed by atoms with Gasteiger partial charge in [0, 0.05) is 0 Å². The third-order valence-electron chi connectivity index (χ3n) is 8.72. The molecule has 0 rings (SSSR count). The van der Waals surface area contributed by atoms with Gasteiger partial charge in [-0.2, -0.15) is 0 Å². The molecule has 0 spiro atoms. The lowest BCUT2D eigenvalue weighted by atomic mass is 9.83. The number of rotatable bonds is 26. The summed E-state index contributed by atoms with van der Waals surface area (Å²) in [5, 5.41) is 0. The van der Waals surface area contributed by atoms with Gasteiger partial charge >= 0.3 is 0 Å². The first kappa shape index (κ1) is 33.0. The van der Waals surface area contributed by atoms with Crippen LogP contribution in [0.15, 0.2) is 0 Å². The Balaban J connectivity index is 4.11.